The molecule has 39 heavy (non-hydrogen) atoms. The number of rotatable bonds is 7. The molecule has 2 fully saturated rings. The molecule has 2 atom stereocenters. The molecule has 7 nitrogen and oxygen atoms in total. The summed E-state index contributed by atoms with van der Waals surface area (Å²) < 4.78 is 17.6. The molecule has 3 heterocycles. The molecule has 4 aromatic rings. The number of esters is 1. The third-order valence-electron chi connectivity index (χ3n) is 7.33. The van der Waals surface area contributed by atoms with Gasteiger partial charge in [-0.25, -0.2) is 4.79 Å². The molecule has 0 spiro atoms. The van der Waals surface area contributed by atoms with Crippen molar-refractivity contribution < 1.29 is 18.7 Å². The van der Waals surface area contributed by atoms with E-state index < -0.39 is 5.97 Å². The number of hydrogen-bond donors (Lipinski definition) is 1. The van der Waals surface area contributed by atoms with E-state index in [-0.39, 0.29) is 12.1 Å². The van der Waals surface area contributed by atoms with Crippen LogP contribution in [0.1, 0.15) is 59.6 Å². The topological polar surface area (TPSA) is 76.8 Å². The molecule has 2 aromatic heterocycles. The first-order chi connectivity index (χ1) is 19.1. The molecule has 2 aliphatic rings. The third kappa shape index (κ3) is 5.00. The van der Waals surface area contributed by atoms with Gasteiger partial charge in [0.25, 0.3) is 0 Å². The van der Waals surface area contributed by atoms with E-state index in [4.69, 9.17) is 26.1 Å². The van der Waals surface area contributed by atoms with Gasteiger partial charge in [0.15, 0.2) is 5.11 Å². The number of furan rings is 1. The van der Waals surface area contributed by atoms with Crippen molar-refractivity contribution >= 4 is 29.0 Å². The molecule has 1 aliphatic carbocycles. The lowest BCUT2D eigenvalue weighted by Crippen LogP contribution is -2.29. The fourth-order valence-electron chi connectivity index (χ4n) is 5.45. The SMILES string of the molecule is COC(=O)c1ccccc1-c1ccc([C@H]2[C@H](c3ccccn3)NC(=S)N2c2ccc(OC3CCCC3)cc2)o1. The van der Waals surface area contributed by atoms with E-state index in [9.17, 15) is 4.79 Å². The van der Waals surface area contributed by atoms with E-state index in [1.165, 1.54) is 20.0 Å². The molecule has 0 amide bonds. The molecule has 1 saturated heterocycles. The van der Waals surface area contributed by atoms with Crippen molar-refractivity contribution in [3.05, 3.63) is 102 Å². The number of nitrogens with zero attached hydrogens (tertiary/aromatic N) is 2. The van der Waals surface area contributed by atoms with E-state index in [1.807, 2.05) is 66.7 Å². The second-order valence-electron chi connectivity index (χ2n) is 9.75. The van der Waals surface area contributed by atoms with Crippen molar-refractivity contribution in [1.29, 1.82) is 0 Å². The average Bonchev–Trinajstić information content (AvgIpc) is 3.74. The number of benzene rings is 2. The number of aromatic nitrogens is 1. The normalized spacial score (nSPS) is 19.2. The fraction of sp³-hybridized carbons (Fsp3) is 0.258. The summed E-state index contributed by atoms with van der Waals surface area (Å²) in [5.74, 6) is 1.71. The van der Waals surface area contributed by atoms with Crippen molar-refractivity contribution in [2.45, 2.75) is 43.9 Å². The first kappa shape index (κ1) is 25.1. The number of carbonyl (C=O) groups is 1. The highest BCUT2D eigenvalue weighted by Crippen LogP contribution is 2.43. The van der Waals surface area contributed by atoms with Gasteiger partial charge in [-0.15, -0.1) is 0 Å². The zero-order chi connectivity index (χ0) is 26.8. The molecule has 0 unspecified atom stereocenters. The van der Waals surface area contributed by atoms with Gasteiger partial charge in [0.2, 0.25) is 0 Å². The zero-order valence-corrected chi connectivity index (χ0v) is 22.4. The minimum absolute atomic E-state index is 0.247. The maximum Gasteiger partial charge on any atom is 0.338 e. The van der Waals surface area contributed by atoms with Gasteiger partial charge in [0.1, 0.15) is 23.3 Å². The van der Waals surface area contributed by atoms with Crippen LogP contribution in [0.3, 0.4) is 0 Å². The van der Waals surface area contributed by atoms with Gasteiger partial charge < -0.3 is 24.1 Å². The van der Waals surface area contributed by atoms with E-state index in [0.29, 0.717) is 33.9 Å². The summed E-state index contributed by atoms with van der Waals surface area (Å²) in [6, 6.07) is 24.4. The molecule has 1 N–H and O–H groups in total. The van der Waals surface area contributed by atoms with Crippen LogP contribution >= 0.6 is 12.2 Å². The summed E-state index contributed by atoms with van der Waals surface area (Å²) >= 11 is 5.85. The van der Waals surface area contributed by atoms with E-state index in [1.54, 1.807) is 18.3 Å². The predicted octanol–water partition coefficient (Wildman–Crippen LogP) is 6.63. The van der Waals surface area contributed by atoms with Crippen molar-refractivity contribution in [3.63, 3.8) is 0 Å². The molecule has 0 bridgehead atoms. The standard InChI is InChI=1S/C31H29N3O4S/c1-36-30(35)24-11-5-4-10-23(24)26-17-18-27(38-26)29-28(25-12-6-7-19-32-25)33-31(39)34(29)20-13-15-22(16-14-20)37-21-8-2-3-9-21/h4-7,10-19,21,28-29H,2-3,8-9H2,1H3,(H,33,39)/t28-,29-/m0/s1. The van der Waals surface area contributed by atoms with Crippen LogP contribution in [-0.4, -0.2) is 29.3 Å². The van der Waals surface area contributed by atoms with Gasteiger partial charge in [-0.2, -0.15) is 0 Å². The summed E-state index contributed by atoms with van der Waals surface area (Å²) in [5, 5.41) is 4.03. The van der Waals surface area contributed by atoms with Crippen LogP contribution in [0.4, 0.5) is 5.69 Å². The van der Waals surface area contributed by atoms with Gasteiger partial charge in [-0.3, -0.25) is 4.98 Å². The first-order valence-electron chi connectivity index (χ1n) is 13.2. The Morgan fingerprint density at radius 1 is 1.00 bits per heavy atom. The number of nitrogens with one attached hydrogen (secondary N) is 1. The summed E-state index contributed by atoms with van der Waals surface area (Å²) in [7, 11) is 1.37. The van der Waals surface area contributed by atoms with Crippen molar-refractivity contribution in [2.75, 3.05) is 12.0 Å². The lowest BCUT2D eigenvalue weighted by molar-refractivity contribution is 0.0601. The lowest BCUT2D eigenvalue weighted by Gasteiger charge is -2.26. The van der Waals surface area contributed by atoms with Gasteiger partial charge in [0, 0.05) is 17.4 Å². The van der Waals surface area contributed by atoms with Crippen LogP contribution in [-0.2, 0) is 4.74 Å². The van der Waals surface area contributed by atoms with Crippen LogP contribution in [0.25, 0.3) is 11.3 Å². The maximum absolute atomic E-state index is 12.4. The molecule has 198 valence electrons. The van der Waals surface area contributed by atoms with E-state index in [2.05, 4.69) is 15.2 Å². The Hall–Kier alpha value is -4.17. The highest BCUT2D eigenvalue weighted by molar-refractivity contribution is 7.80. The molecule has 0 radical (unpaired) electrons. The lowest BCUT2D eigenvalue weighted by atomic mass is 10.0. The van der Waals surface area contributed by atoms with Crippen LogP contribution in [0, 0.1) is 0 Å². The van der Waals surface area contributed by atoms with Crippen molar-refractivity contribution in [2.24, 2.45) is 0 Å². The average molecular weight is 540 g/mol. The van der Waals surface area contributed by atoms with Gasteiger partial charge in [-0.05, 0) is 92.5 Å². The molecular weight excluding hydrogens is 510 g/mol. The van der Waals surface area contributed by atoms with Crippen LogP contribution in [0.2, 0.25) is 0 Å². The molecular formula is C31H29N3O4S. The first-order valence-corrected chi connectivity index (χ1v) is 13.6. The Kier molecular flexibility index (Phi) is 7.02. The summed E-state index contributed by atoms with van der Waals surface area (Å²) in [6.45, 7) is 0. The Labute approximate surface area is 232 Å². The number of ether oxygens (including phenoxy) is 2. The number of pyridine rings is 1. The number of anilines is 1. The molecule has 1 aliphatic heterocycles. The zero-order valence-electron chi connectivity index (χ0n) is 21.6. The maximum atomic E-state index is 12.4. The summed E-state index contributed by atoms with van der Waals surface area (Å²) in [6.07, 6.45) is 6.73. The van der Waals surface area contributed by atoms with Gasteiger partial charge >= 0.3 is 5.97 Å². The monoisotopic (exact) mass is 539 g/mol. The van der Waals surface area contributed by atoms with Crippen LogP contribution in [0.5, 0.6) is 5.75 Å². The third-order valence-corrected chi connectivity index (χ3v) is 7.65. The van der Waals surface area contributed by atoms with Crippen LogP contribution < -0.4 is 15.0 Å². The number of hydrogen-bond acceptors (Lipinski definition) is 6. The quantitative estimate of drug-likeness (QED) is 0.207. The second-order valence-corrected chi connectivity index (χ2v) is 10.1. The fourth-order valence-corrected chi connectivity index (χ4v) is 5.79. The molecule has 2 aromatic carbocycles. The smallest absolute Gasteiger partial charge is 0.338 e. The van der Waals surface area contributed by atoms with E-state index in [0.717, 1.165) is 30.0 Å². The Bertz CT molecular complexity index is 1460. The van der Waals surface area contributed by atoms with Crippen LogP contribution in [0.15, 0.2) is 89.5 Å². The highest BCUT2D eigenvalue weighted by Gasteiger charge is 2.42. The molecule has 1 saturated carbocycles. The minimum Gasteiger partial charge on any atom is -0.490 e. The van der Waals surface area contributed by atoms with Crippen molar-refractivity contribution in [1.82, 2.24) is 10.3 Å². The van der Waals surface area contributed by atoms with Crippen molar-refractivity contribution in [3.8, 4) is 17.1 Å². The molecule has 6 rings (SSSR count). The number of carbonyl (C=O) groups excluding carboxylic acids is 1. The summed E-state index contributed by atoms with van der Waals surface area (Å²) in [4.78, 5) is 19.1. The Morgan fingerprint density at radius 3 is 2.51 bits per heavy atom. The minimum atomic E-state index is -0.417. The van der Waals surface area contributed by atoms with Gasteiger partial charge in [-0.1, -0.05) is 24.3 Å². The second kappa shape index (κ2) is 10.9. The highest BCUT2D eigenvalue weighted by atomic mass is 32.1. The Balaban J connectivity index is 1.37. The number of thiocarbonyl (C=S) groups is 1. The largest absolute Gasteiger partial charge is 0.490 e. The van der Waals surface area contributed by atoms with E-state index >= 15 is 0 Å². The summed E-state index contributed by atoms with van der Waals surface area (Å²) in [5.41, 5.74) is 2.87. The molecule has 8 heteroatoms. The Morgan fingerprint density at radius 2 is 1.77 bits per heavy atom. The number of methoxy groups -OCH3 is 1. The predicted molar refractivity (Wildman–Crippen MR) is 153 cm³/mol. The van der Waals surface area contributed by atoms with Gasteiger partial charge in [0.05, 0.1) is 30.5 Å².